The third-order valence-corrected chi connectivity index (χ3v) is 5.71. The zero-order valence-electron chi connectivity index (χ0n) is 14.6. The molecular weight excluding hydrogens is 382 g/mol. The molecule has 0 saturated carbocycles. The van der Waals surface area contributed by atoms with Gasteiger partial charge in [-0.3, -0.25) is 10.1 Å². The molecule has 0 fully saturated rings. The summed E-state index contributed by atoms with van der Waals surface area (Å²) in [7, 11) is 0. The molecule has 1 heterocycles. The Balaban J connectivity index is 1.37. The number of fused-ring (bicyclic) bond motifs is 1. The third-order valence-electron chi connectivity index (χ3n) is 4.45. The lowest BCUT2D eigenvalue weighted by atomic mass is 9.90. The molecule has 4 rings (SSSR count). The normalized spacial score (nSPS) is 13.2. The van der Waals surface area contributed by atoms with Gasteiger partial charge < -0.3 is 4.42 Å². The molecule has 3 aromatic rings. The molecule has 1 aliphatic carbocycles. The predicted molar refractivity (Wildman–Crippen MR) is 107 cm³/mol. The molecule has 138 valence electrons. The fraction of sp³-hybridized carbons (Fsp3) is 0.250. The highest BCUT2D eigenvalue weighted by atomic mass is 35.5. The van der Waals surface area contributed by atoms with Gasteiger partial charge in [0.1, 0.15) is 0 Å². The number of nitrogens with zero attached hydrogens (tertiary/aromatic N) is 2. The van der Waals surface area contributed by atoms with Crippen LogP contribution in [0.2, 0.25) is 5.02 Å². The van der Waals surface area contributed by atoms with Crippen molar-refractivity contribution >= 4 is 35.3 Å². The van der Waals surface area contributed by atoms with Gasteiger partial charge in [0.15, 0.2) is 0 Å². The summed E-state index contributed by atoms with van der Waals surface area (Å²) in [5.74, 6) is 0.470. The molecular formula is C20H18ClN3O2S. The van der Waals surface area contributed by atoms with Gasteiger partial charge in [0.25, 0.3) is 0 Å². The van der Waals surface area contributed by atoms with Crippen molar-refractivity contribution in [3.63, 3.8) is 0 Å². The van der Waals surface area contributed by atoms with Crippen LogP contribution in [0.25, 0.3) is 11.5 Å². The number of amides is 1. The second kappa shape index (κ2) is 8.15. The Labute approximate surface area is 166 Å². The average Bonchev–Trinajstić information content (AvgIpc) is 3.15. The highest BCUT2D eigenvalue weighted by Gasteiger charge is 2.15. The maximum Gasteiger partial charge on any atom is 0.322 e. The number of halogens is 1. The first-order valence-corrected chi connectivity index (χ1v) is 10.2. The number of benzene rings is 2. The number of carbonyl (C=O) groups is 1. The fourth-order valence-corrected chi connectivity index (χ4v) is 3.92. The number of hydrogen-bond acceptors (Lipinski definition) is 5. The number of thioether (sulfide) groups is 1. The van der Waals surface area contributed by atoms with Crippen molar-refractivity contribution in [3.05, 3.63) is 58.6 Å². The second-order valence-corrected chi connectivity index (χ2v) is 7.88. The Morgan fingerprint density at radius 2 is 1.85 bits per heavy atom. The van der Waals surface area contributed by atoms with E-state index in [9.17, 15) is 4.79 Å². The highest BCUT2D eigenvalue weighted by Crippen LogP contribution is 2.27. The van der Waals surface area contributed by atoms with E-state index in [1.807, 2.05) is 18.2 Å². The number of rotatable bonds is 5. The van der Waals surface area contributed by atoms with Gasteiger partial charge >= 0.3 is 6.01 Å². The van der Waals surface area contributed by atoms with Gasteiger partial charge in [0, 0.05) is 15.5 Å². The van der Waals surface area contributed by atoms with Gasteiger partial charge in [0.05, 0.1) is 5.75 Å². The minimum atomic E-state index is -0.199. The first-order chi connectivity index (χ1) is 13.2. The highest BCUT2D eigenvalue weighted by molar-refractivity contribution is 8.00. The Hall–Kier alpha value is -2.31. The Morgan fingerprint density at radius 3 is 2.67 bits per heavy atom. The van der Waals surface area contributed by atoms with E-state index < -0.39 is 0 Å². The van der Waals surface area contributed by atoms with Crippen LogP contribution in [0.4, 0.5) is 6.01 Å². The van der Waals surface area contributed by atoms with E-state index >= 15 is 0 Å². The number of anilines is 1. The van der Waals surface area contributed by atoms with Crippen molar-refractivity contribution in [2.75, 3.05) is 11.1 Å². The van der Waals surface area contributed by atoms with Gasteiger partial charge in [0.2, 0.25) is 11.8 Å². The topological polar surface area (TPSA) is 68.0 Å². The summed E-state index contributed by atoms with van der Waals surface area (Å²) in [5.41, 5.74) is 3.64. The molecule has 5 nitrogen and oxygen atoms in total. The summed E-state index contributed by atoms with van der Waals surface area (Å²) in [5, 5.41) is 11.3. The minimum Gasteiger partial charge on any atom is -0.403 e. The summed E-state index contributed by atoms with van der Waals surface area (Å²) in [4.78, 5) is 13.1. The Morgan fingerprint density at radius 1 is 1.07 bits per heavy atom. The van der Waals surface area contributed by atoms with E-state index in [0.717, 1.165) is 23.3 Å². The molecule has 7 heteroatoms. The van der Waals surface area contributed by atoms with Crippen LogP contribution >= 0.6 is 23.4 Å². The number of aromatic nitrogens is 2. The van der Waals surface area contributed by atoms with Gasteiger partial charge in [-0.2, -0.15) is 0 Å². The van der Waals surface area contributed by atoms with Crippen LogP contribution in [0.1, 0.15) is 24.0 Å². The molecule has 27 heavy (non-hydrogen) atoms. The predicted octanol–water partition coefficient (Wildman–Crippen LogP) is 5.00. The average molecular weight is 400 g/mol. The van der Waals surface area contributed by atoms with Crippen LogP contribution in [0.5, 0.6) is 0 Å². The summed E-state index contributed by atoms with van der Waals surface area (Å²) in [6, 6.07) is 13.7. The third kappa shape index (κ3) is 4.51. The zero-order chi connectivity index (χ0) is 18.6. The molecule has 1 aromatic heterocycles. The van der Waals surface area contributed by atoms with Gasteiger partial charge in [-0.15, -0.1) is 16.9 Å². The van der Waals surface area contributed by atoms with Crippen molar-refractivity contribution in [2.24, 2.45) is 0 Å². The van der Waals surface area contributed by atoms with Crippen molar-refractivity contribution in [3.8, 4) is 11.5 Å². The fourth-order valence-electron chi connectivity index (χ4n) is 3.09. The standard InChI is InChI=1S/C20H18ClN3O2S/c21-16-7-9-17(10-8-16)27-12-18(25)22-20-24-23-19(26-20)15-6-5-13-3-1-2-4-14(13)11-15/h5-11H,1-4,12H2,(H,22,24,25). The van der Waals surface area contributed by atoms with E-state index in [0.29, 0.717) is 10.9 Å². The van der Waals surface area contributed by atoms with Crippen LogP contribution < -0.4 is 5.32 Å². The van der Waals surface area contributed by atoms with Gasteiger partial charge in [-0.1, -0.05) is 22.8 Å². The van der Waals surface area contributed by atoms with Crippen molar-refractivity contribution in [1.82, 2.24) is 10.2 Å². The van der Waals surface area contributed by atoms with E-state index in [2.05, 4.69) is 27.6 Å². The van der Waals surface area contributed by atoms with E-state index in [4.69, 9.17) is 16.0 Å². The molecule has 0 bridgehead atoms. The van der Waals surface area contributed by atoms with Crippen LogP contribution in [0, 0.1) is 0 Å². The smallest absolute Gasteiger partial charge is 0.322 e. The second-order valence-electron chi connectivity index (χ2n) is 6.39. The Kier molecular flexibility index (Phi) is 5.45. The van der Waals surface area contributed by atoms with Crippen molar-refractivity contribution < 1.29 is 9.21 Å². The molecule has 0 atom stereocenters. The quantitative estimate of drug-likeness (QED) is 0.611. The number of aryl methyl sites for hydroxylation is 2. The molecule has 1 amide bonds. The first-order valence-electron chi connectivity index (χ1n) is 8.81. The zero-order valence-corrected chi connectivity index (χ0v) is 16.1. The van der Waals surface area contributed by atoms with Crippen LogP contribution in [-0.4, -0.2) is 21.9 Å². The molecule has 0 aliphatic heterocycles. The summed E-state index contributed by atoms with van der Waals surface area (Å²) in [6.45, 7) is 0. The van der Waals surface area contributed by atoms with Crippen LogP contribution in [0.3, 0.4) is 0 Å². The SMILES string of the molecule is O=C(CSc1ccc(Cl)cc1)Nc1nnc(-c2ccc3c(c2)CCCC3)o1. The Bertz CT molecular complexity index is 956. The monoisotopic (exact) mass is 399 g/mol. The lowest BCUT2D eigenvalue weighted by molar-refractivity contribution is -0.113. The van der Waals surface area contributed by atoms with Crippen molar-refractivity contribution in [1.29, 1.82) is 0 Å². The van der Waals surface area contributed by atoms with Crippen LogP contribution in [0.15, 0.2) is 51.8 Å². The lowest BCUT2D eigenvalue weighted by Gasteiger charge is -2.15. The van der Waals surface area contributed by atoms with E-state index in [1.54, 1.807) is 12.1 Å². The molecule has 0 radical (unpaired) electrons. The van der Waals surface area contributed by atoms with E-state index in [1.165, 1.54) is 35.7 Å². The first kappa shape index (κ1) is 18.1. The van der Waals surface area contributed by atoms with Crippen LogP contribution in [-0.2, 0) is 17.6 Å². The molecule has 1 N–H and O–H groups in total. The molecule has 0 saturated heterocycles. The van der Waals surface area contributed by atoms with Gasteiger partial charge in [-0.25, -0.2) is 0 Å². The molecule has 0 unspecified atom stereocenters. The summed E-state index contributed by atoms with van der Waals surface area (Å²) in [6.07, 6.45) is 4.68. The molecule has 0 spiro atoms. The maximum absolute atomic E-state index is 12.1. The molecule has 1 aliphatic rings. The molecule has 2 aromatic carbocycles. The van der Waals surface area contributed by atoms with E-state index in [-0.39, 0.29) is 17.7 Å². The lowest BCUT2D eigenvalue weighted by Crippen LogP contribution is -2.14. The van der Waals surface area contributed by atoms with Crippen molar-refractivity contribution in [2.45, 2.75) is 30.6 Å². The summed E-state index contributed by atoms with van der Waals surface area (Å²) < 4.78 is 5.62. The maximum atomic E-state index is 12.1. The minimum absolute atomic E-state index is 0.115. The summed E-state index contributed by atoms with van der Waals surface area (Å²) >= 11 is 7.27. The van der Waals surface area contributed by atoms with Gasteiger partial charge in [-0.05, 0) is 73.2 Å². The number of nitrogens with one attached hydrogen (secondary N) is 1. The number of hydrogen-bond donors (Lipinski definition) is 1. The largest absolute Gasteiger partial charge is 0.403 e. The number of carbonyl (C=O) groups excluding carboxylic acids is 1.